The number of imide groups is 1. The highest BCUT2D eigenvalue weighted by Crippen LogP contribution is 2.39. The van der Waals surface area contributed by atoms with Crippen LogP contribution in [-0.2, 0) is 9.53 Å². The summed E-state index contributed by atoms with van der Waals surface area (Å²) in [7, 11) is 0. The SMILES string of the molecule is CCN(CC)[C@@H]1CC(C)C[C@H](N(CC)CC)C1C(=O)N1C(=O)OC[C@@H]1C(C)(C)C. The van der Waals surface area contributed by atoms with Crippen molar-refractivity contribution in [3.05, 3.63) is 0 Å². The van der Waals surface area contributed by atoms with Crippen molar-refractivity contribution in [3.63, 3.8) is 0 Å². The van der Waals surface area contributed by atoms with Crippen molar-refractivity contribution in [2.45, 2.75) is 86.4 Å². The van der Waals surface area contributed by atoms with Crippen LogP contribution >= 0.6 is 0 Å². The number of amides is 2. The van der Waals surface area contributed by atoms with E-state index in [1.165, 1.54) is 4.90 Å². The zero-order valence-corrected chi connectivity index (χ0v) is 19.9. The summed E-state index contributed by atoms with van der Waals surface area (Å²) >= 11 is 0. The van der Waals surface area contributed by atoms with Gasteiger partial charge in [-0.15, -0.1) is 0 Å². The van der Waals surface area contributed by atoms with Gasteiger partial charge in [-0.3, -0.25) is 4.79 Å². The van der Waals surface area contributed by atoms with E-state index in [0.29, 0.717) is 12.5 Å². The van der Waals surface area contributed by atoms with Crippen LogP contribution in [-0.4, -0.2) is 77.6 Å². The molecule has 0 aromatic heterocycles. The van der Waals surface area contributed by atoms with Gasteiger partial charge in [0.2, 0.25) is 5.91 Å². The van der Waals surface area contributed by atoms with E-state index in [4.69, 9.17) is 4.74 Å². The minimum absolute atomic E-state index is 0.0341. The third-order valence-corrected chi connectivity index (χ3v) is 7.07. The summed E-state index contributed by atoms with van der Waals surface area (Å²) in [5, 5.41) is 0. The van der Waals surface area contributed by atoms with Crippen LogP contribution in [0.2, 0.25) is 0 Å². The Morgan fingerprint density at radius 2 is 1.45 bits per heavy atom. The lowest BCUT2D eigenvalue weighted by Gasteiger charge is -2.49. The van der Waals surface area contributed by atoms with Gasteiger partial charge in [0.05, 0.1) is 12.0 Å². The predicted octanol–water partition coefficient (Wildman–Crippen LogP) is 3.85. The molecule has 29 heavy (non-hydrogen) atoms. The summed E-state index contributed by atoms with van der Waals surface area (Å²) < 4.78 is 5.37. The molecule has 6 nitrogen and oxygen atoms in total. The number of carbonyl (C=O) groups is 2. The standard InChI is InChI=1S/C23H43N3O3/c1-9-24(10-2)17-13-16(5)14-18(25(11-3)12-4)20(17)21(27)26-19(23(6,7)8)15-29-22(26)28/h16-20H,9-15H2,1-8H3/t16?,17-,18+,19-,20?/m1/s1. The minimum Gasteiger partial charge on any atom is -0.447 e. The van der Waals surface area contributed by atoms with Crippen molar-refractivity contribution >= 4 is 12.0 Å². The molecule has 2 aliphatic rings. The van der Waals surface area contributed by atoms with Gasteiger partial charge in [-0.05, 0) is 50.4 Å². The summed E-state index contributed by atoms with van der Waals surface area (Å²) in [5.41, 5.74) is -0.209. The summed E-state index contributed by atoms with van der Waals surface area (Å²) in [4.78, 5) is 33.0. The Balaban J connectivity index is 2.49. The molecule has 0 aromatic rings. The Morgan fingerprint density at radius 1 is 1.00 bits per heavy atom. The molecule has 1 aliphatic heterocycles. The Labute approximate surface area is 177 Å². The maximum absolute atomic E-state index is 14.0. The van der Waals surface area contributed by atoms with E-state index in [2.05, 4.69) is 65.2 Å². The van der Waals surface area contributed by atoms with E-state index < -0.39 is 6.09 Å². The quantitative estimate of drug-likeness (QED) is 0.639. The molecule has 0 aromatic carbocycles. The first-order chi connectivity index (χ1) is 13.6. The highest BCUT2D eigenvalue weighted by atomic mass is 16.6. The second-order valence-corrected chi connectivity index (χ2v) is 9.85. The van der Waals surface area contributed by atoms with Gasteiger partial charge in [0, 0.05) is 12.1 Å². The molecular formula is C23H43N3O3. The fourth-order valence-corrected chi connectivity index (χ4v) is 5.40. The van der Waals surface area contributed by atoms with Crippen molar-refractivity contribution in [3.8, 4) is 0 Å². The third-order valence-electron chi connectivity index (χ3n) is 7.07. The van der Waals surface area contributed by atoms with Gasteiger partial charge in [-0.2, -0.15) is 0 Å². The summed E-state index contributed by atoms with van der Waals surface area (Å²) in [6, 6.07) is 0.0956. The van der Waals surface area contributed by atoms with E-state index in [0.717, 1.165) is 39.0 Å². The number of rotatable bonds is 7. The maximum Gasteiger partial charge on any atom is 0.417 e. The number of cyclic esters (lactones) is 1. The zero-order valence-electron chi connectivity index (χ0n) is 19.9. The third kappa shape index (κ3) is 4.96. The van der Waals surface area contributed by atoms with E-state index in [1.54, 1.807) is 0 Å². The highest BCUT2D eigenvalue weighted by Gasteiger charge is 2.52. The van der Waals surface area contributed by atoms with Crippen LogP contribution in [0.25, 0.3) is 0 Å². The van der Waals surface area contributed by atoms with Gasteiger partial charge in [0.25, 0.3) is 0 Å². The summed E-state index contributed by atoms with van der Waals surface area (Å²) in [6.07, 6.45) is 1.53. The Kier molecular flexibility index (Phi) is 8.14. The first-order valence-electron chi connectivity index (χ1n) is 11.6. The van der Waals surface area contributed by atoms with E-state index >= 15 is 0 Å². The molecular weight excluding hydrogens is 366 g/mol. The minimum atomic E-state index is -0.467. The van der Waals surface area contributed by atoms with Crippen molar-refractivity contribution in [1.82, 2.24) is 14.7 Å². The molecule has 2 rings (SSSR count). The predicted molar refractivity (Wildman–Crippen MR) is 117 cm³/mol. The second-order valence-electron chi connectivity index (χ2n) is 9.85. The molecule has 0 spiro atoms. The molecule has 168 valence electrons. The molecule has 6 heteroatoms. The van der Waals surface area contributed by atoms with Gasteiger partial charge >= 0.3 is 6.09 Å². The molecule has 2 unspecified atom stereocenters. The number of carbonyl (C=O) groups excluding carboxylic acids is 2. The molecule has 1 aliphatic carbocycles. The average molecular weight is 410 g/mol. The molecule has 0 radical (unpaired) electrons. The summed E-state index contributed by atoms with van der Waals surface area (Å²) in [6.45, 7) is 21.1. The monoisotopic (exact) mass is 409 g/mol. The van der Waals surface area contributed by atoms with E-state index in [1.807, 2.05) is 0 Å². The number of ether oxygens (including phenoxy) is 1. The van der Waals surface area contributed by atoms with Gasteiger partial charge < -0.3 is 14.5 Å². The highest BCUT2D eigenvalue weighted by molar-refractivity contribution is 5.95. The Morgan fingerprint density at radius 3 is 1.83 bits per heavy atom. The zero-order chi connectivity index (χ0) is 21.9. The summed E-state index contributed by atoms with van der Waals surface area (Å²) in [5.74, 6) is 0.314. The van der Waals surface area contributed by atoms with Crippen LogP contribution in [0.15, 0.2) is 0 Å². The molecule has 2 amide bonds. The Bertz CT molecular complexity index is 544. The van der Waals surface area contributed by atoms with Gasteiger partial charge in [-0.1, -0.05) is 55.4 Å². The van der Waals surface area contributed by atoms with Crippen molar-refractivity contribution in [2.24, 2.45) is 17.3 Å². The van der Waals surface area contributed by atoms with Crippen LogP contribution in [0.1, 0.15) is 68.2 Å². The van der Waals surface area contributed by atoms with Crippen LogP contribution in [0.3, 0.4) is 0 Å². The van der Waals surface area contributed by atoms with Gasteiger partial charge in [-0.25, -0.2) is 9.69 Å². The lowest BCUT2D eigenvalue weighted by atomic mass is 9.72. The van der Waals surface area contributed by atoms with E-state index in [-0.39, 0.29) is 35.4 Å². The first kappa shape index (κ1) is 24.1. The van der Waals surface area contributed by atoms with Crippen molar-refractivity contribution in [1.29, 1.82) is 0 Å². The molecule has 2 fully saturated rings. The van der Waals surface area contributed by atoms with Gasteiger partial charge in [0.1, 0.15) is 6.61 Å². The molecule has 1 saturated carbocycles. The van der Waals surface area contributed by atoms with Crippen molar-refractivity contribution < 1.29 is 14.3 Å². The topological polar surface area (TPSA) is 53.1 Å². The number of hydrogen-bond acceptors (Lipinski definition) is 5. The first-order valence-corrected chi connectivity index (χ1v) is 11.6. The number of nitrogens with zero attached hydrogens (tertiary/aromatic N) is 3. The van der Waals surface area contributed by atoms with E-state index in [9.17, 15) is 9.59 Å². The normalized spacial score (nSPS) is 30.9. The van der Waals surface area contributed by atoms with Crippen LogP contribution < -0.4 is 0 Å². The molecule has 1 saturated heterocycles. The van der Waals surface area contributed by atoms with Crippen LogP contribution in [0.4, 0.5) is 4.79 Å². The smallest absolute Gasteiger partial charge is 0.417 e. The van der Waals surface area contributed by atoms with Crippen molar-refractivity contribution in [2.75, 3.05) is 32.8 Å². The average Bonchev–Trinajstić information content (AvgIpc) is 3.05. The maximum atomic E-state index is 14.0. The van der Waals surface area contributed by atoms with Crippen LogP contribution in [0.5, 0.6) is 0 Å². The Hall–Kier alpha value is -1.14. The molecule has 0 bridgehead atoms. The number of hydrogen-bond donors (Lipinski definition) is 0. The van der Waals surface area contributed by atoms with Crippen LogP contribution in [0, 0.1) is 17.3 Å². The fraction of sp³-hybridized carbons (Fsp3) is 0.913. The molecule has 1 heterocycles. The fourth-order valence-electron chi connectivity index (χ4n) is 5.40. The second kappa shape index (κ2) is 9.78. The molecule has 5 atom stereocenters. The van der Waals surface area contributed by atoms with Gasteiger partial charge in [0.15, 0.2) is 0 Å². The lowest BCUT2D eigenvalue weighted by Crippen LogP contribution is -2.61. The molecule has 0 N–H and O–H groups in total. The largest absolute Gasteiger partial charge is 0.447 e. The lowest BCUT2D eigenvalue weighted by molar-refractivity contribution is -0.143.